The molecule has 0 saturated heterocycles. The SMILES string of the molecule is Cc1ccc(Cl)c(NC(=O)Nc2cccc(-c3ccc4nncn4n3)c2)c1. The van der Waals surface area contributed by atoms with E-state index in [1.807, 2.05) is 49.4 Å². The second-order valence-corrected chi connectivity index (χ2v) is 6.40. The number of aryl methyl sites for hydroxylation is 1. The molecule has 0 unspecified atom stereocenters. The third kappa shape index (κ3) is 3.73. The minimum absolute atomic E-state index is 0.373. The van der Waals surface area contributed by atoms with Crippen LogP contribution in [0.5, 0.6) is 0 Å². The van der Waals surface area contributed by atoms with Crippen molar-refractivity contribution in [2.75, 3.05) is 10.6 Å². The van der Waals surface area contributed by atoms with Gasteiger partial charge in [0.25, 0.3) is 0 Å². The van der Waals surface area contributed by atoms with E-state index in [9.17, 15) is 4.79 Å². The number of anilines is 2. The van der Waals surface area contributed by atoms with Crippen molar-refractivity contribution < 1.29 is 4.79 Å². The maximum Gasteiger partial charge on any atom is 0.323 e. The quantitative estimate of drug-likeness (QED) is 0.553. The Morgan fingerprint density at radius 2 is 1.96 bits per heavy atom. The lowest BCUT2D eigenvalue weighted by molar-refractivity contribution is 0.262. The van der Waals surface area contributed by atoms with E-state index in [1.165, 1.54) is 0 Å². The molecule has 4 rings (SSSR count). The van der Waals surface area contributed by atoms with Crippen LogP contribution in [-0.4, -0.2) is 25.8 Å². The Kier molecular flexibility index (Phi) is 4.43. The molecule has 0 saturated carbocycles. The fourth-order valence-electron chi connectivity index (χ4n) is 2.66. The predicted molar refractivity (Wildman–Crippen MR) is 105 cm³/mol. The minimum Gasteiger partial charge on any atom is -0.308 e. The largest absolute Gasteiger partial charge is 0.323 e. The van der Waals surface area contributed by atoms with Crippen molar-refractivity contribution in [1.29, 1.82) is 0 Å². The lowest BCUT2D eigenvalue weighted by Gasteiger charge is -2.10. The average molecular weight is 379 g/mol. The number of rotatable bonds is 3. The van der Waals surface area contributed by atoms with Gasteiger partial charge in [-0.15, -0.1) is 10.2 Å². The highest BCUT2D eigenvalue weighted by Crippen LogP contribution is 2.24. The molecule has 0 atom stereocenters. The number of halogens is 1. The maximum absolute atomic E-state index is 12.3. The Balaban J connectivity index is 1.53. The van der Waals surface area contributed by atoms with E-state index >= 15 is 0 Å². The summed E-state index contributed by atoms with van der Waals surface area (Å²) >= 11 is 6.12. The summed E-state index contributed by atoms with van der Waals surface area (Å²) in [7, 11) is 0. The average Bonchev–Trinajstić information content (AvgIpc) is 3.12. The van der Waals surface area contributed by atoms with E-state index in [2.05, 4.69) is 25.9 Å². The minimum atomic E-state index is -0.373. The van der Waals surface area contributed by atoms with Gasteiger partial charge >= 0.3 is 6.03 Å². The fourth-order valence-corrected chi connectivity index (χ4v) is 2.82. The van der Waals surface area contributed by atoms with Crippen molar-refractivity contribution in [1.82, 2.24) is 19.8 Å². The molecule has 2 N–H and O–H groups in total. The maximum atomic E-state index is 12.3. The summed E-state index contributed by atoms with van der Waals surface area (Å²) in [5.41, 5.74) is 4.48. The summed E-state index contributed by atoms with van der Waals surface area (Å²) in [6.45, 7) is 1.93. The highest BCUT2D eigenvalue weighted by Gasteiger charge is 2.08. The van der Waals surface area contributed by atoms with E-state index in [0.29, 0.717) is 22.0 Å². The number of benzene rings is 2. The smallest absolute Gasteiger partial charge is 0.308 e. The molecule has 0 fully saturated rings. The number of fused-ring (bicyclic) bond motifs is 1. The molecule has 2 amide bonds. The molecule has 0 aliphatic carbocycles. The lowest BCUT2D eigenvalue weighted by atomic mass is 10.1. The fraction of sp³-hybridized carbons (Fsp3) is 0.0526. The van der Waals surface area contributed by atoms with Gasteiger partial charge in [0.1, 0.15) is 6.33 Å². The van der Waals surface area contributed by atoms with E-state index < -0.39 is 0 Å². The molecule has 7 nitrogen and oxygen atoms in total. The van der Waals surface area contributed by atoms with E-state index in [0.717, 1.165) is 16.8 Å². The number of nitrogens with zero attached hydrogens (tertiary/aromatic N) is 4. The van der Waals surface area contributed by atoms with E-state index in [1.54, 1.807) is 23.0 Å². The van der Waals surface area contributed by atoms with Gasteiger partial charge in [0.2, 0.25) is 0 Å². The molecule has 2 heterocycles. The summed E-state index contributed by atoms with van der Waals surface area (Å²) in [5.74, 6) is 0. The Hall–Kier alpha value is -3.45. The Morgan fingerprint density at radius 3 is 2.85 bits per heavy atom. The number of nitrogens with one attached hydrogen (secondary N) is 2. The van der Waals surface area contributed by atoms with Crippen LogP contribution in [0.15, 0.2) is 60.9 Å². The first-order valence-corrected chi connectivity index (χ1v) is 8.58. The van der Waals surface area contributed by atoms with Crippen molar-refractivity contribution in [3.05, 3.63) is 71.5 Å². The predicted octanol–water partition coefficient (Wildman–Crippen LogP) is 4.40. The van der Waals surface area contributed by atoms with Crippen LogP contribution in [0.25, 0.3) is 16.9 Å². The molecule has 0 spiro atoms. The first-order valence-electron chi connectivity index (χ1n) is 8.20. The number of urea groups is 1. The van der Waals surface area contributed by atoms with Gasteiger partial charge in [0.05, 0.1) is 16.4 Å². The standard InChI is InChI=1S/C19H15ClN6O/c1-12-5-6-15(20)17(9-12)23-19(27)22-14-4-2-3-13(10-14)16-7-8-18-24-21-11-26(18)25-16/h2-11H,1H3,(H2,22,23,27). The van der Waals surface area contributed by atoms with Crippen molar-refractivity contribution in [3.63, 3.8) is 0 Å². The molecule has 27 heavy (non-hydrogen) atoms. The first kappa shape index (κ1) is 17.0. The summed E-state index contributed by atoms with van der Waals surface area (Å²) in [5, 5.41) is 18.3. The molecule has 134 valence electrons. The van der Waals surface area contributed by atoms with Crippen LogP contribution in [0, 0.1) is 6.92 Å². The second kappa shape index (κ2) is 7.05. The number of aromatic nitrogens is 4. The number of carbonyl (C=O) groups excluding carboxylic acids is 1. The molecule has 4 aromatic rings. The molecule has 2 aromatic carbocycles. The van der Waals surface area contributed by atoms with E-state index in [4.69, 9.17) is 11.6 Å². The van der Waals surface area contributed by atoms with Gasteiger partial charge in [0, 0.05) is 11.3 Å². The molecule has 8 heteroatoms. The second-order valence-electron chi connectivity index (χ2n) is 6.00. The number of hydrogen-bond acceptors (Lipinski definition) is 4. The highest BCUT2D eigenvalue weighted by molar-refractivity contribution is 6.33. The van der Waals surface area contributed by atoms with Crippen LogP contribution in [0.3, 0.4) is 0 Å². The zero-order valence-corrected chi connectivity index (χ0v) is 15.1. The summed E-state index contributed by atoms with van der Waals surface area (Å²) in [6.07, 6.45) is 1.54. The molecular weight excluding hydrogens is 364 g/mol. The Morgan fingerprint density at radius 1 is 1.07 bits per heavy atom. The van der Waals surface area contributed by atoms with Gasteiger partial charge in [-0.05, 0) is 48.9 Å². The van der Waals surface area contributed by atoms with Crippen LogP contribution >= 0.6 is 11.6 Å². The molecule has 2 aromatic heterocycles. The van der Waals surface area contributed by atoms with Crippen molar-refractivity contribution in [2.24, 2.45) is 0 Å². The monoisotopic (exact) mass is 378 g/mol. The van der Waals surface area contributed by atoms with E-state index in [-0.39, 0.29) is 6.03 Å². The van der Waals surface area contributed by atoms with Gasteiger partial charge in [-0.25, -0.2) is 4.79 Å². The molecule has 0 bridgehead atoms. The number of carbonyl (C=O) groups is 1. The van der Waals surface area contributed by atoms with Gasteiger partial charge in [0.15, 0.2) is 5.65 Å². The Bertz CT molecular complexity index is 1140. The van der Waals surface area contributed by atoms with Crippen molar-refractivity contribution >= 4 is 34.7 Å². The lowest BCUT2D eigenvalue weighted by Crippen LogP contribution is -2.19. The summed E-state index contributed by atoms with van der Waals surface area (Å²) in [6, 6.07) is 16.2. The Labute approximate surface area is 160 Å². The topological polar surface area (TPSA) is 84.2 Å². The van der Waals surface area contributed by atoms with Gasteiger partial charge in [-0.1, -0.05) is 29.8 Å². The van der Waals surface area contributed by atoms with Crippen LogP contribution in [0.1, 0.15) is 5.56 Å². The van der Waals surface area contributed by atoms with Crippen LogP contribution < -0.4 is 10.6 Å². The van der Waals surface area contributed by atoms with Gasteiger partial charge in [-0.2, -0.15) is 9.61 Å². The van der Waals surface area contributed by atoms with Gasteiger partial charge < -0.3 is 10.6 Å². The normalized spacial score (nSPS) is 10.7. The van der Waals surface area contributed by atoms with Crippen LogP contribution in [0.2, 0.25) is 5.02 Å². The third-order valence-corrected chi connectivity index (χ3v) is 4.28. The zero-order valence-electron chi connectivity index (χ0n) is 14.3. The van der Waals surface area contributed by atoms with Crippen LogP contribution in [0.4, 0.5) is 16.2 Å². The van der Waals surface area contributed by atoms with Crippen LogP contribution in [-0.2, 0) is 0 Å². The van der Waals surface area contributed by atoms with Crippen molar-refractivity contribution in [2.45, 2.75) is 6.92 Å². The van der Waals surface area contributed by atoms with Gasteiger partial charge in [-0.3, -0.25) is 0 Å². The molecule has 0 aliphatic heterocycles. The number of amides is 2. The summed E-state index contributed by atoms with van der Waals surface area (Å²) < 4.78 is 1.60. The molecule has 0 radical (unpaired) electrons. The van der Waals surface area contributed by atoms with Crippen molar-refractivity contribution in [3.8, 4) is 11.3 Å². The molecule has 0 aliphatic rings. The third-order valence-electron chi connectivity index (χ3n) is 3.95. The highest BCUT2D eigenvalue weighted by atomic mass is 35.5. The molecular formula is C19H15ClN6O. The number of hydrogen-bond donors (Lipinski definition) is 2. The summed E-state index contributed by atoms with van der Waals surface area (Å²) in [4.78, 5) is 12.3. The first-order chi connectivity index (χ1) is 13.1. The zero-order chi connectivity index (χ0) is 18.8.